The Morgan fingerprint density at radius 2 is 2.00 bits per heavy atom. The van der Waals surface area contributed by atoms with Gasteiger partial charge in [0.05, 0.1) is 5.33 Å². The van der Waals surface area contributed by atoms with E-state index in [0.29, 0.717) is 10.4 Å². The van der Waals surface area contributed by atoms with Crippen molar-refractivity contribution < 1.29 is 4.79 Å². The van der Waals surface area contributed by atoms with Gasteiger partial charge < -0.3 is 0 Å². The third kappa shape index (κ3) is 3.75. The maximum absolute atomic E-state index is 10.9. The lowest BCUT2D eigenvalue weighted by Crippen LogP contribution is -1.90. The average molecular weight is 260 g/mol. The van der Waals surface area contributed by atoms with Crippen LogP contribution < -0.4 is 0 Å². The monoisotopic (exact) mass is 258 g/mol. The standard InChI is InChI=1S/C10H8BrClO/c11-7-10(13)6-3-8-1-4-9(12)5-2-8/h1-6H,7H2. The minimum absolute atomic E-state index is 0.0509. The van der Waals surface area contributed by atoms with E-state index >= 15 is 0 Å². The van der Waals surface area contributed by atoms with Gasteiger partial charge in [0.15, 0.2) is 5.78 Å². The van der Waals surface area contributed by atoms with Crippen molar-refractivity contribution in [2.75, 3.05) is 5.33 Å². The van der Waals surface area contributed by atoms with Gasteiger partial charge in [-0.05, 0) is 23.8 Å². The quantitative estimate of drug-likeness (QED) is 0.601. The summed E-state index contributed by atoms with van der Waals surface area (Å²) < 4.78 is 0. The molecule has 0 aliphatic rings. The van der Waals surface area contributed by atoms with Crippen molar-refractivity contribution in [2.45, 2.75) is 0 Å². The zero-order chi connectivity index (χ0) is 9.68. The van der Waals surface area contributed by atoms with E-state index in [1.165, 1.54) is 6.08 Å². The molecule has 0 saturated heterocycles. The fourth-order valence-corrected chi connectivity index (χ4v) is 1.12. The second kappa shape index (κ2) is 5.20. The molecule has 0 amide bonds. The third-order valence-corrected chi connectivity index (χ3v) is 2.27. The number of hydrogen-bond donors (Lipinski definition) is 0. The second-order valence-electron chi connectivity index (χ2n) is 2.48. The third-order valence-electron chi connectivity index (χ3n) is 1.46. The summed E-state index contributed by atoms with van der Waals surface area (Å²) >= 11 is 8.78. The first kappa shape index (κ1) is 10.5. The Bertz CT molecular complexity index is 316. The molecule has 1 aromatic carbocycles. The Balaban J connectivity index is 2.69. The maximum atomic E-state index is 10.9. The SMILES string of the molecule is O=C(C=Cc1ccc(Cl)cc1)CBr. The summed E-state index contributed by atoms with van der Waals surface area (Å²) in [6, 6.07) is 7.31. The number of alkyl halides is 1. The van der Waals surface area contributed by atoms with Gasteiger partial charge in [-0.15, -0.1) is 0 Å². The van der Waals surface area contributed by atoms with Crippen LogP contribution in [-0.2, 0) is 4.79 Å². The Labute approximate surface area is 90.5 Å². The molecular weight excluding hydrogens is 251 g/mol. The summed E-state index contributed by atoms with van der Waals surface area (Å²) in [7, 11) is 0. The molecule has 0 atom stereocenters. The molecule has 1 aromatic rings. The van der Waals surface area contributed by atoms with Crippen LogP contribution in [0.3, 0.4) is 0 Å². The van der Waals surface area contributed by atoms with E-state index in [2.05, 4.69) is 15.9 Å². The Hall–Kier alpha value is -0.600. The van der Waals surface area contributed by atoms with E-state index < -0.39 is 0 Å². The molecule has 3 heteroatoms. The van der Waals surface area contributed by atoms with E-state index in [9.17, 15) is 4.79 Å². The minimum atomic E-state index is 0.0509. The van der Waals surface area contributed by atoms with Gasteiger partial charge in [-0.2, -0.15) is 0 Å². The number of carbonyl (C=O) groups excluding carboxylic acids is 1. The van der Waals surface area contributed by atoms with Gasteiger partial charge in [0, 0.05) is 5.02 Å². The van der Waals surface area contributed by atoms with Crippen LogP contribution in [0.1, 0.15) is 5.56 Å². The molecule has 0 spiro atoms. The lowest BCUT2D eigenvalue weighted by molar-refractivity contribution is -0.112. The maximum Gasteiger partial charge on any atom is 0.166 e. The number of rotatable bonds is 3. The number of ketones is 1. The fraction of sp³-hybridized carbons (Fsp3) is 0.100. The zero-order valence-corrected chi connectivity index (χ0v) is 9.18. The topological polar surface area (TPSA) is 17.1 Å². The van der Waals surface area contributed by atoms with Crippen molar-refractivity contribution in [1.82, 2.24) is 0 Å². The van der Waals surface area contributed by atoms with Crippen molar-refractivity contribution in [2.24, 2.45) is 0 Å². The van der Waals surface area contributed by atoms with Crippen LogP contribution in [0.25, 0.3) is 6.08 Å². The molecule has 0 heterocycles. The van der Waals surface area contributed by atoms with Crippen molar-refractivity contribution in [3.63, 3.8) is 0 Å². The normalized spacial score (nSPS) is 10.6. The number of allylic oxidation sites excluding steroid dienone is 1. The van der Waals surface area contributed by atoms with Gasteiger partial charge in [0.2, 0.25) is 0 Å². The van der Waals surface area contributed by atoms with Crippen LogP contribution in [0.15, 0.2) is 30.3 Å². The lowest BCUT2D eigenvalue weighted by Gasteiger charge is -1.92. The Kier molecular flexibility index (Phi) is 4.19. The molecule has 68 valence electrons. The number of benzene rings is 1. The largest absolute Gasteiger partial charge is 0.294 e. The van der Waals surface area contributed by atoms with Crippen molar-refractivity contribution in [1.29, 1.82) is 0 Å². The predicted octanol–water partition coefficient (Wildman–Crippen LogP) is 3.32. The Morgan fingerprint density at radius 3 is 2.54 bits per heavy atom. The van der Waals surface area contributed by atoms with E-state index in [-0.39, 0.29) is 5.78 Å². The van der Waals surface area contributed by atoms with Crippen LogP contribution in [-0.4, -0.2) is 11.1 Å². The summed E-state index contributed by atoms with van der Waals surface area (Å²) in [6.45, 7) is 0. The summed E-state index contributed by atoms with van der Waals surface area (Å²) in [5.41, 5.74) is 0.971. The van der Waals surface area contributed by atoms with E-state index in [4.69, 9.17) is 11.6 Å². The highest BCUT2D eigenvalue weighted by Crippen LogP contribution is 2.10. The molecule has 0 aliphatic heterocycles. The highest BCUT2D eigenvalue weighted by Gasteiger charge is 1.91. The van der Waals surface area contributed by atoms with Crippen LogP contribution in [0.5, 0.6) is 0 Å². The van der Waals surface area contributed by atoms with Crippen molar-refractivity contribution >= 4 is 39.4 Å². The smallest absolute Gasteiger partial charge is 0.166 e. The molecule has 1 rings (SSSR count). The van der Waals surface area contributed by atoms with Gasteiger partial charge in [-0.25, -0.2) is 0 Å². The van der Waals surface area contributed by atoms with Gasteiger partial charge in [-0.1, -0.05) is 45.7 Å². The summed E-state index contributed by atoms with van der Waals surface area (Å²) in [4.78, 5) is 10.9. The lowest BCUT2D eigenvalue weighted by atomic mass is 10.2. The molecule has 0 saturated carbocycles. The average Bonchev–Trinajstić information content (AvgIpc) is 2.16. The summed E-state index contributed by atoms with van der Waals surface area (Å²) in [5.74, 6) is 0.0509. The van der Waals surface area contributed by atoms with Crippen LogP contribution in [0, 0.1) is 0 Å². The van der Waals surface area contributed by atoms with Gasteiger partial charge >= 0.3 is 0 Å². The van der Waals surface area contributed by atoms with E-state index in [1.807, 2.05) is 12.1 Å². The minimum Gasteiger partial charge on any atom is -0.294 e. The van der Waals surface area contributed by atoms with Gasteiger partial charge in [0.1, 0.15) is 0 Å². The molecule has 0 aromatic heterocycles. The van der Waals surface area contributed by atoms with Crippen LogP contribution in [0.4, 0.5) is 0 Å². The number of carbonyl (C=O) groups is 1. The first-order valence-corrected chi connectivity index (χ1v) is 5.25. The van der Waals surface area contributed by atoms with Crippen molar-refractivity contribution in [3.05, 3.63) is 40.9 Å². The van der Waals surface area contributed by atoms with Gasteiger partial charge in [-0.3, -0.25) is 4.79 Å². The van der Waals surface area contributed by atoms with Crippen molar-refractivity contribution in [3.8, 4) is 0 Å². The number of hydrogen-bond acceptors (Lipinski definition) is 1. The highest BCUT2D eigenvalue weighted by atomic mass is 79.9. The first-order valence-electron chi connectivity index (χ1n) is 3.75. The van der Waals surface area contributed by atoms with E-state index in [1.54, 1.807) is 18.2 Å². The molecule has 0 unspecified atom stereocenters. The van der Waals surface area contributed by atoms with E-state index in [0.717, 1.165) is 5.56 Å². The molecule has 0 bridgehead atoms. The molecule has 1 nitrogen and oxygen atoms in total. The predicted molar refractivity (Wildman–Crippen MR) is 59.3 cm³/mol. The summed E-state index contributed by atoms with van der Waals surface area (Å²) in [5, 5.41) is 1.06. The molecule has 0 aliphatic carbocycles. The summed E-state index contributed by atoms with van der Waals surface area (Å²) in [6.07, 6.45) is 3.30. The van der Waals surface area contributed by atoms with Gasteiger partial charge in [0.25, 0.3) is 0 Å². The van der Waals surface area contributed by atoms with Crippen LogP contribution >= 0.6 is 27.5 Å². The molecular formula is C10H8BrClO. The molecule has 0 fully saturated rings. The first-order chi connectivity index (χ1) is 6.22. The molecule has 13 heavy (non-hydrogen) atoms. The second-order valence-corrected chi connectivity index (χ2v) is 3.48. The Morgan fingerprint density at radius 1 is 1.38 bits per heavy atom. The molecule has 0 radical (unpaired) electrons. The highest BCUT2D eigenvalue weighted by molar-refractivity contribution is 9.09. The molecule has 0 N–H and O–H groups in total. The number of halogens is 2. The fourth-order valence-electron chi connectivity index (χ4n) is 0.808. The van der Waals surface area contributed by atoms with Crippen LogP contribution in [0.2, 0.25) is 5.02 Å². The zero-order valence-electron chi connectivity index (χ0n) is 6.84.